The van der Waals surface area contributed by atoms with E-state index in [4.69, 9.17) is 31.9 Å². The molecule has 2 aliphatic heterocycles. The van der Waals surface area contributed by atoms with Gasteiger partial charge in [0.15, 0.2) is 12.5 Å². The molecular formula is C26H36N4O13P2. The number of nitrogens with one attached hydrogen (secondary N) is 2. The Morgan fingerprint density at radius 1 is 0.711 bits per heavy atom. The van der Waals surface area contributed by atoms with Crippen molar-refractivity contribution in [3.05, 3.63) is 89.5 Å². The molecular weight excluding hydrogens is 638 g/mol. The molecule has 2 aromatic rings. The van der Waals surface area contributed by atoms with E-state index in [1.165, 1.54) is 35.4 Å². The van der Waals surface area contributed by atoms with Crippen molar-refractivity contribution in [1.29, 1.82) is 0 Å². The van der Waals surface area contributed by atoms with Gasteiger partial charge in [0.25, 0.3) is 11.1 Å². The molecule has 4 heterocycles. The average Bonchev–Trinajstić information content (AvgIpc) is 3.60. The summed E-state index contributed by atoms with van der Waals surface area (Å²) in [4.78, 5) is 52.2. The zero-order valence-corrected chi connectivity index (χ0v) is 27.2. The molecule has 17 nitrogen and oxygen atoms in total. The number of phosphoric acid groups is 2. The lowest BCUT2D eigenvalue weighted by Gasteiger charge is -2.27. The van der Waals surface area contributed by atoms with Gasteiger partial charge in [-0.1, -0.05) is 12.2 Å². The molecule has 0 fully saturated rings. The average molecular weight is 675 g/mol. The lowest BCUT2D eigenvalue weighted by molar-refractivity contribution is -0.0206. The summed E-state index contributed by atoms with van der Waals surface area (Å²) in [5, 5.41) is 0. The second-order valence-corrected chi connectivity index (χ2v) is 14.1. The quantitative estimate of drug-likeness (QED) is 0.219. The first-order valence-corrected chi connectivity index (χ1v) is 16.9. The molecule has 45 heavy (non-hydrogen) atoms. The SMILES string of the molecule is Cc1cn([C@@H]2C=C[C@H](COP(=O)(OC(C)C)OP(=O)(OC[C@@H]3C=C[C@H](n4cc(C)c(=O)[nH]c4=O)O3)OC(C)C)O2)c(=O)[nH]c1=O. The van der Waals surface area contributed by atoms with Gasteiger partial charge in [0, 0.05) is 23.5 Å². The van der Waals surface area contributed by atoms with Gasteiger partial charge in [-0.15, -0.1) is 0 Å². The van der Waals surface area contributed by atoms with E-state index in [2.05, 4.69) is 9.97 Å². The number of aromatic amines is 2. The lowest BCUT2D eigenvalue weighted by Crippen LogP contribution is -2.33. The normalized spacial score (nSPS) is 24.0. The third kappa shape index (κ3) is 9.06. The Morgan fingerprint density at radius 3 is 1.44 bits per heavy atom. The summed E-state index contributed by atoms with van der Waals surface area (Å²) in [6.07, 6.45) is 4.03. The van der Waals surface area contributed by atoms with Gasteiger partial charge >= 0.3 is 27.0 Å². The number of phosphoric ester groups is 2. The Morgan fingerprint density at radius 2 is 1.09 bits per heavy atom. The fraction of sp³-hybridized carbons (Fsp3) is 0.538. The maximum atomic E-state index is 13.7. The highest BCUT2D eigenvalue weighted by Gasteiger charge is 2.43. The molecule has 0 aromatic carbocycles. The van der Waals surface area contributed by atoms with Crippen LogP contribution in [0.5, 0.6) is 0 Å². The van der Waals surface area contributed by atoms with Crippen LogP contribution in [-0.2, 0) is 41.0 Å². The van der Waals surface area contributed by atoms with Crippen LogP contribution < -0.4 is 22.5 Å². The van der Waals surface area contributed by atoms with Crippen LogP contribution in [-0.4, -0.2) is 56.7 Å². The molecule has 19 heteroatoms. The van der Waals surface area contributed by atoms with Gasteiger partial charge < -0.3 is 9.47 Å². The number of aromatic nitrogens is 4. The Hall–Kier alpha value is -2.98. The van der Waals surface area contributed by atoms with E-state index in [1.54, 1.807) is 52.0 Å². The van der Waals surface area contributed by atoms with Crippen LogP contribution in [0, 0.1) is 13.8 Å². The molecule has 0 amide bonds. The van der Waals surface area contributed by atoms with Crippen molar-refractivity contribution < 1.29 is 41.0 Å². The molecule has 0 bridgehead atoms. The first-order chi connectivity index (χ1) is 21.1. The predicted octanol–water partition coefficient (Wildman–Crippen LogP) is 2.73. The largest absolute Gasteiger partial charge is 0.484 e. The number of hydrogen-bond acceptors (Lipinski definition) is 13. The van der Waals surface area contributed by atoms with E-state index in [9.17, 15) is 28.3 Å². The Balaban J connectivity index is 1.42. The number of ether oxygens (including phenoxy) is 2. The topological polar surface area (TPSA) is 208 Å². The maximum absolute atomic E-state index is 13.7. The molecule has 4 rings (SSSR count). The summed E-state index contributed by atoms with van der Waals surface area (Å²) in [7, 11) is -9.28. The number of hydrogen-bond donors (Lipinski definition) is 2. The van der Waals surface area contributed by atoms with Gasteiger partial charge in [-0.05, 0) is 53.7 Å². The Labute approximate surface area is 257 Å². The molecule has 2 aromatic heterocycles. The molecule has 6 atom stereocenters. The molecule has 0 radical (unpaired) electrons. The summed E-state index contributed by atoms with van der Waals surface area (Å²) in [6.45, 7) is 8.48. The highest BCUT2D eigenvalue weighted by Crippen LogP contribution is 2.67. The van der Waals surface area contributed by atoms with Crippen LogP contribution in [0.2, 0.25) is 0 Å². The zero-order chi connectivity index (χ0) is 33.1. The molecule has 0 saturated heterocycles. The number of H-pyrrole nitrogens is 2. The smallest absolute Gasteiger partial charge is 0.344 e. The van der Waals surface area contributed by atoms with Crippen molar-refractivity contribution in [2.24, 2.45) is 0 Å². The van der Waals surface area contributed by atoms with Crippen molar-refractivity contribution in [2.45, 2.75) is 78.4 Å². The van der Waals surface area contributed by atoms with E-state index in [0.717, 1.165) is 0 Å². The van der Waals surface area contributed by atoms with E-state index in [0.29, 0.717) is 11.1 Å². The molecule has 2 aliphatic rings. The van der Waals surface area contributed by atoms with Crippen molar-refractivity contribution in [3.63, 3.8) is 0 Å². The van der Waals surface area contributed by atoms with E-state index in [-0.39, 0.29) is 0 Å². The fourth-order valence-corrected chi connectivity index (χ4v) is 7.63. The summed E-state index contributed by atoms with van der Waals surface area (Å²) in [6, 6.07) is 0. The standard InChI is InChI=1S/C26H36N4O13P2/c1-15(2)41-44(35,37-13-19-7-9-21(39-19)29-11-17(5)23(31)27-25(29)33)43-45(36,42-16(3)4)38-14-20-8-10-22(40-20)30-12-18(6)24(32)28-26(30)34/h7-12,15-16,19-22H,13-14H2,1-6H3,(H,27,31,33)(H,28,32,34)/t19-,20+,21+,22-,44?,45?. The van der Waals surface area contributed by atoms with Gasteiger partial charge in [-0.2, -0.15) is 4.31 Å². The van der Waals surface area contributed by atoms with E-state index >= 15 is 0 Å². The first-order valence-electron chi connectivity index (χ1n) is 14.0. The van der Waals surface area contributed by atoms with Crippen LogP contribution in [0.4, 0.5) is 0 Å². The third-order valence-electron chi connectivity index (χ3n) is 6.12. The minimum absolute atomic E-state index is 0.296. The van der Waals surface area contributed by atoms with Crippen molar-refractivity contribution >= 4 is 15.6 Å². The summed E-state index contributed by atoms with van der Waals surface area (Å²) in [5.41, 5.74) is -1.82. The second-order valence-electron chi connectivity index (χ2n) is 10.7. The second kappa shape index (κ2) is 14.2. The van der Waals surface area contributed by atoms with Gasteiger partial charge in [-0.25, -0.2) is 18.7 Å². The van der Waals surface area contributed by atoms with Crippen LogP contribution >= 0.6 is 15.6 Å². The van der Waals surface area contributed by atoms with E-state index < -0.39 is 88.2 Å². The monoisotopic (exact) mass is 674 g/mol. The van der Waals surface area contributed by atoms with Crippen LogP contribution in [0.3, 0.4) is 0 Å². The van der Waals surface area contributed by atoms with Crippen LogP contribution in [0.25, 0.3) is 0 Å². The molecule has 0 spiro atoms. The van der Waals surface area contributed by atoms with Crippen molar-refractivity contribution in [1.82, 2.24) is 19.1 Å². The van der Waals surface area contributed by atoms with Crippen LogP contribution in [0.15, 0.2) is 55.9 Å². The highest BCUT2D eigenvalue weighted by atomic mass is 31.3. The predicted molar refractivity (Wildman–Crippen MR) is 159 cm³/mol. The number of rotatable bonds is 14. The summed E-state index contributed by atoms with van der Waals surface area (Å²) in [5.74, 6) is 0. The van der Waals surface area contributed by atoms with Gasteiger partial charge in [-0.3, -0.25) is 46.8 Å². The number of nitrogens with zero attached hydrogens (tertiary/aromatic N) is 2. The third-order valence-corrected chi connectivity index (χ3v) is 10.0. The molecule has 2 unspecified atom stereocenters. The highest BCUT2D eigenvalue weighted by molar-refractivity contribution is 7.62. The summed E-state index contributed by atoms with van der Waals surface area (Å²) >= 11 is 0. The maximum Gasteiger partial charge on any atom is 0.484 e. The Bertz CT molecular complexity index is 1650. The summed E-state index contributed by atoms with van der Waals surface area (Å²) < 4.78 is 68.5. The minimum atomic E-state index is -4.64. The first kappa shape index (κ1) is 34.9. The van der Waals surface area contributed by atoms with Crippen molar-refractivity contribution in [2.75, 3.05) is 13.2 Å². The van der Waals surface area contributed by atoms with E-state index in [1.807, 2.05) is 0 Å². The van der Waals surface area contributed by atoms with Gasteiger partial charge in [0.2, 0.25) is 0 Å². The molecule has 0 saturated carbocycles. The van der Waals surface area contributed by atoms with Crippen LogP contribution in [0.1, 0.15) is 51.3 Å². The zero-order valence-electron chi connectivity index (χ0n) is 25.4. The molecule has 2 N–H and O–H groups in total. The molecule has 248 valence electrons. The van der Waals surface area contributed by atoms with Gasteiger partial charge in [0.05, 0.1) is 25.4 Å². The number of aryl methyl sites for hydroxylation is 2. The Kier molecular flexibility index (Phi) is 11.0. The van der Waals surface area contributed by atoms with Crippen molar-refractivity contribution in [3.8, 4) is 0 Å². The minimum Gasteiger partial charge on any atom is -0.344 e. The fourth-order valence-electron chi connectivity index (χ4n) is 4.15. The molecule has 0 aliphatic carbocycles. The van der Waals surface area contributed by atoms with Gasteiger partial charge in [0.1, 0.15) is 12.2 Å². The lowest BCUT2D eigenvalue weighted by atomic mass is 10.3.